The molecule has 12 heteroatoms. The Balaban J connectivity index is 1.88. The van der Waals surface area contributed by atoms with Crippen LogP contribution in [0, 0.1) is 26.0 Å². The van der Waals surface area contributed by atoms with E-state index in [-0.39, 0.29) is 27.9 Å². The van der Waals surface area contributed by atoms with Crippen molar-refractivity contribution >= 4 is 40.3 Å². The number of nitro benzene ring substituents is 2. The summed E-state index contributed by atoms with van der Waals surface area (Å²) in [6, 6.07) is 7.87. The minimum Gasteiger partial charge on any atom is -0.484 e. The quantitative estimate of drug-likeness (QED) is 0.433. The fourth-order valence-corrected chi connectivity index (χ4v) is 2.08. The van der Waals surface area contributed by atoms with Gasteiger partial charge in [-0.2, -0.15) is 0 Å². The lowest BCUT2D eigenvalue weighted by Gasteiger charge is -2.11. The van der Waals surface area contributed by atoms with Gasteiger partial charge in [0.1, 0.15) is 11.6 Å². The molecule has 0 aromatic heterocycles. The molecule has 140 valence electrons. The molecule has 0 bridgehead atoms. The number of rotatable bonds is 6. The second-order valence-electron chi connectivity index (χ2n) is 4.96. The molecule has 0 heterocycles. The number of nitrogens with one attached hydrogen (secondary N) is 2. The van der Waals surface area contributed by atoms with E-state index >= 15 is 0 Å². The lowest BCUT2D eigenvalue weighted by molar-refractivity contribution is -0.385. The van der Waals surface area contributed by atoms with E-state index in [2.05, 4.69) is 10.6 Å². The zero-order chi connectivity index (χ0) is 20.0. The summed E-state index contributed by atoms with van der Waals surface area (Å²) in [6.45, 7) is -0.461. The number of carbonyl (C=O) groups is 1. The Bertz CT molecular complexity index is 906. The fourth-order valence-electron chi connectivity index (χ4n) is 1.85. The summed E-state index contributed by atoms with van der Waals surface area (Å²) in [5.74, 6) is -1.25. The highest BCUT2D eigenvalue weighted by atomic mass is 32.1. The molecule has 0 aliphatic rings. The third kappa shape index (κ3) is 5.67. The number of ether oxygens (including phenoxy) is 1. The molecule has 2 aromatic carbocycles. The van der Waals surface area contributed by atoms with E-state index in [1.54, 1.807) is 0 Å². The third-order valence-corrected chi connectivity index (χ3v) is 3.28. The van der Waals surface area contributed by atoms with Crippen LogP contribution in [0.2, 0.25) is 0 Å². The molecule has 0 unspecified atom stereocenters. The summed E-state index contributed by atoms with van der Waals surface area (Å²) < 4.78 is 18.8. The van der Waals surface area contributed by atoms with Crippen LogP contribution in [0.3, 0.4) is 0 Å². The Morgan fingerprint density at radius 3 is 2.26 bits per heavy atom. The van der Waals surface area contributed by atoms with Gasteiger partial charge in [-0.25, -0.2) is 4.39 Å². The predicted molar refractivity (Wildman–Crippen MR) is 96.0 cm³/mol. The molecule has 1 amide bonds. The average Bonchev–Trinajstić information content (AvgIpc) is 2.62. The first-order valence-electron chi connectivity index (χ1n) is 7.18. The van der Waals surface area contributed by atoms with Crippen LogP contribution in [-0.2, 0) is 4.79 Å². The van der Waals surface area contributed by atoms with Crippen LogP contribution in [0.25, 0.3) is 0 Å². The largest absolute Gasteiger partial charge is 0.484 e. The highest BCUT2D eigenvalue weighted by Crippen LogP contribution is 2.21. The van der Waals surface area contributed by atoms with Crippen molar-refractivity contribution in [3.63, 3.8) is 0 Å². The maximum atomic E-state index is 13.7. The monoisotopic (exact) mass is 394 g/mol. The maximum Gasteiger partial charge on any atom is 0.271 e. The van der Waals surface area contributed by atoms with E-state index < -0.39 is 28.2 Å². The second kappa shape index (κ2) is 8.62. The van der Waals surface area contributed by atoms with Gasteiger partial charge in [0.2, 0.25) is 0 Å². The number of carbonyl (C=O) groups excluding carboxylic acids is 1. The first-order valence-corrected chi connectivity index (χ1v) is 7.59. The van der Waals surface area contributed by atoms with Gasteiger partial charge in [0.25, 0.3) is 17.3 Å². The Morgan fingerprint density at radius 1 is 1.07 bits per heavy atom. The number of benzene rings is 2. The number of nitro groups is 2. The minimum atomic E-state index is -0.792. The Labute approximate surface area is 156 Å². The van der Waals surface area contributed by atoms with Gasteiger partial charge in [-0.3, -0.25) is 30.3 Å². The van der Waals surface area contributed by atoms with E-state index in [1.807, 2.05) is 0 Å². The molecule has 0 atom stereocenters. The standard InChI is InChI=1S/C15H11FN4O6S/c16-12-6-3-10(20(24)25)7-13(12)17-15(27)18-14(21)8-26-11-4-1-9(2-5-11)19(22)23/h1-7H,8H2,(H2,17,18,21,27). The molecular weight excluding hydrogens is 383 g/mol. The van der Waals surface area contributed by atoms with Gasteiger partial charge in [0.05, 0.1) is 15.5 Å². The molecule has 0 spiro atoms. The summed E-state index contributed by atoms with van der Waals surface area (Å²) in [7, 11) is 0. The maximum absolute atomic E-state index is 13.7. The molecule has 0 saturated heterocycles. The van der Waals surface area contributed by atoms with Crippen molar-refractivity contribution in [2.24, 2.45) is 0 Å². The number of hydrogen-bond acceptors (Lipinski definition) is 7. The van der Waals surface area contributed by atoms with E-state index in [4.69, 9.17) is 17.0 Å². The molecule has 0 aliphatic carbocycles. The van der Waals surface area contributed by atoms with Crippen LogP contribution in [0.4, 0.5) is 21.5 Å². The Kier molecular flexibility index (Phi) is 6.27. The molecule has 27 heavy (non-hydrogen) atoms. The summed E-state index contributed by atoms with van der Waals surface area (Å²) in [5.41, 5.74) is -0.753. The lowest BCUT2D eigenvalue weighted by atomic mass is 10.2. The minimum absolute atomic E-state index is 0.129. The van der Waals surface area contributed by atoms with Gasteiger partial charge >= 0.3 is 0 Å². The van der Waals surface area contributed by atoms with Crippen molar-refractivity contribution in [1.82, 2.24) is 5.32 Å². The van der Waals surface area contributed by atoms with E-state index in [9.17, 15) is 29.4 Å². The van der Waals surface area contributed by atoms with Crippen molar-refractivity contribution in [3.8, 4) is 5.75 Å². The first kappa shape index (κ1) is 19.7. The van der Waals surface area contributed by atoms with Crippen LogP contribution in [0.1, 0.15) is 0 Å². The SMILES string of the molecule is O=C(COc1ccc([N+](=O)[O-])cc1)NC(=S)Nc1cc([N+](=O)[O-])ccc1F. The van der Waals surface area contributed by atoms with E-state index in [0.29, 0.717) is 0 Å². The van der Waals surface area contributed by atoms with Crippen LogP contribution in [0.5, 0.6) is 5.75 Å². The number of amides is 1. The van der Waals surface area contributed by atoms with Gasteiger partial charge in [0, 0.05) is 24.3 Å². The molecule has 2 aromatic rings. The molecule has 2 N–H and O–H groups in total. The summed E-state index contributed by atoms with van der Waals surface area (Å²) >= 11 is 4.85. The van der Waals surface area contributed by atoms with Crippen molar-refractivity contribution < 1.29 is 23.8 Å². The number of hydrogen-bond donors (Lipinski definition) is 2. The topological polar surface area (TPSA) is 137 Å². The van der Waals surface area contributed by atoms with Crippen LogP contribution >= 0.6 is 12.2 Å². The van der Waals surface area contributed by atoms with Gasteiger partial charge in [0.15, 0.2) is 11.7 Å². The summed E-state index contributed by atoms with van der Waals surface area (Å²) in [6.07, 6.45) is 0. The van der Waals surface area contributed by atoms with E-state index in [1.165, 1.54) is 24.3 Å². The summed E-state index contributed by atoms with van der Waals surface area (Å²) in [5, 5.41) is 25.5. The first-order chi connectivity index (χ1) is 12.8. The molecule has 0 aliphatic heterocycles. The Morgan fingerprint density at radius 2 is 1.67 bits per heavy atom. The second-order valence-corrected chi connectivity index (χ2v) is 5.37. The third-order valence-electron chi connectivity index (χ3n) is 3.08. The van der Waals surface area contributed by atoms with Crippen LogP contribution in [-0.4, -0.2) is 27.5 Å². The van der Waals surface area contributed by atoms with Gasteiger partial charge in [-0.1, -0.05) is 0 Å². The van der Waals surface area contributed by atoms with Crippen molar-refractivity contribution in [3.05, 3.63) is 68.5 Å². The zero-order valence-electron chi connectivity index (χ0n) is 13.4. The van der Waals surface area contributed by atoms with Gasteiger partial charge in [-0.05, 0) is 30.4 Å². The number of nitrogens with zero attached hydrogens (tertiary/aromatic N) is 2. The normalized spacial score (nSPS) is 9.96. The van der Waals surface area contributed by atoms with Gasteiger partial charge in [-0.15, -0.1) is 0 Å². The number of thiocarbonyl (C=S) groups is 1. The molecule has 0 fully saturated rings. The molecule has 0 radical (unpaired) electrons. The smallest absolute Gasteiger partial charge is 0.271 e. The summed E-state index contributed by atoms with van der Waals surface area (Å²) in [4.78, 5) is 31.8. The Hall–Kier alpha value is -3.67. The highest BCUT2D eigenvalue weighted by molar-refractivity contribution is 7.80. The molecule has 2 rings (SSSR count). The van der Waals surface area contributed by atoms with Gasteiger partial charge < -0.3 is 10.1 Å². The van der Waals surface area contributed by atoms with Crippen LogP contribution in [0.15, 0.2) is 42.5 Å². The highest BCUT2D eigenvalue weighted by Gasteiger charge is 2.13. The van der Waals surface area contributed by atoms with Crippen LogP contribution < -0.4 is 15.4 Å². The number of halogens is 1. The molecule has 0 saturated carbocycles. The predicted octanol–water partition coefficient (Wildman–Crippen LogP) is 2.53. The average molecular weight is 394 g/mol. The number of non-ortho nitro benzene ring substituents is 2. The van der Waals surface area contributed by atoms with E-state index in [0.717, 1.165) is 18.2 Å². The fraction of sp³-hybridized carbons (Fsp3) is 0.0667. The molecule has 10 nitrogen and oxygen atoms in total. The van der Waals surface area contributed by atoms with Crippen molar-refractivity contribution in [2.75, 3.05) is 11.9 Å². The van der Waals surface area contributed by atoms with Crippen molar-refractivity contribution in [2.45, 2.75) is 0 Å². The zero-order valence-corrected chi connectivity index (χ0v) is 14.2. The number of anilines is 1. The van der Waals surface area contributed by atoms with Crippen molar-refractivity contribution in [1.29, 1.82) is 0 Å². The molecular formula is C15H11FN4O6S. The lowest BCUT2D eigenvalue weighted by Crippen LogP contribution is -2.37.